The van der Waals surface area contributed by atoms with Crippen molar-refractivity contribution in [1.29, 1.82) is 0 Å². The Balaban J connectivity index is 2.35. The van der Waals surface area contributed by atoms with Crippen LogP contribution in [0.15, 0.2) is 24.3 Å². The molecule has 1 N–H and O–H groups in total. The summed E-state index contributed by atoms with van der Waals surface area (Å²) in [5.74, 6) is -0.358. The van der Waals surface area contributed by atoms with Gasteiger partial charge in [0.25, 0.3) is 0 Å². The van der Waals surface area contributed by atoms with Crippen molar-refractivity contribution in [2.24, 2.45) is 0 Å². The number of nitrogens with one attached hydrogen (secondary N) is 1. The summed E-state index contributed by atoms with van der Waals surface area (Å²) in [4.78, 5) is 11.8. The second kappa shape index (κ2) is 8.62. The van der Waals surface area contributed by atoms with Crippen molar-refractivity contribution in [3.63, 3.8) is 0 Å². The van der Waals surface area contributed by atoms with Gasteiger partial charge in [0.05, 0.1) is 13.7 Å². The number of ether oxygens (including phenoxy) is 2. The van der Waals surface area contributed by atoms with Crippen molar-refractivity contribution >= 4 is 5.97 Å². The fourth-order valence-corrected chi connectivity index (χ4v) is 2.20. The summed E-state index contributed by atoms with van der Waals surface area (Å²) >= 11 is 0. The molecule has 4 nitrogen and oxygen atoms in total. The maximum absolute atomic E-state index is 13.3. The summed E-state index contributed by atoms with van der Waals surface area (Å²) in [5.41, 5.74) is -0.679. The number of likely N-dealkylation sites (N-methyl/N-ethyl adjacent to an activating group) is 1. The van der Waals surface area contributed by atoms with E-state index in [9.17, 15) is 9.18 Å². The maximum atomic E-state index is 13.3. The summed E-state index contributed by atoms with van der Waals surface area (Å²) < 4.78 is 23.6. The fraction of sp³-hybridized carbons (Fsp3) is 0.562. The maximum Gasteiger partial charge on any atom is 0.325 e. The highest BCUT2D eigenvalue weighted by atomic mass is 19.1. The first-order valence-corrected chi connectivity index (χ1v) is 7.24. The number of benzene rings is 1. The third-order valence-electron chi connectivity index (χ3n) is 3.37. The van der Waals surface area contributed by atoms with Gasteiger partial charge in [0.1, 0.15) is 5.54 Å². The highest BCUT2D eigenvalue weighted by Crippen LogP contribution is 2.18. The number of esters is 1. The Bertz CT molecular complexity index is 453. The molecule has 1 rings (SSSR count). The number of hydrogen-bond donors (Lipinski definition) is 1. The number of unbranched alkanes of at least 4 members (excludes halogenated alkanes) is 1. The van der Waals surface area contributed by atoms with E-state index in [2.05, 4.69) is 5.32 Å². The lowest BCUT2D eigenvalue weighted by molar-refractivity contribution is -0.148. The second-order valence-corrected chi connectivity index (χ2v) is 5.09. The first-order valence-electron chi connectivity index (χ1n) is 7.24. The average molecular weight is 297 g/mol. The van der Waals surface area contributed by atoms with Gasteiger partial charge in [-0.15, -0.1) is 0 Å². The van der Waals surface area contributed by atoms with E-state index in [4.69, 9.17) is 9.47 Å². The van der Waals surface area contributed by atoms with Crippen molar-refractivity contribution in [3.8, 4) is 5.75 Å². The Hall–Kier alpha value is -1.62. The smallest absolute Gasteiger partial charge is 0.325 e. The normalized spacial score (nSPS) is 13.5. The van der Waals surface area contributed by atoms with Gasteiger partial charge in [-0.1, -0.05) is 19.1 Å². The van der Waals surface area contributed by atoms with Crippen molar-refractivity contribution in [1.82, 2.24) is 5.32 Å². The predicted octanol–water partition coefficient (Wildman–Crippen LogP) is 2.92. The van der Waals surface area contributed by atoms with E-state index in [1.165, 1.54) is 13.2 Å². The molecule has 0 heterocycles. The van der Waals surface area contributed by atoms with Gasteiger partial charge < -0.3 is 14.8 Å². The van der Waals surface area contributed by atoms with E-state index < -0.39 is 5.54 Å². The van der Waals surface area contributed by atoms with Crippen LogP contribution in [0.5, 0.6) is 5.75 Å². The van der Waals surface area contributed by atoms with Gasteiger partial charge in [0.15, 0.2) is 11.6 Å². The Morgan fingerprint density at radius 2 is 2.05 bits per heavy atom. The summed E-state index contributed by atoms with van der Waals surface area (Å²) in [7, 11) is 1.39. The molecule has 1 aromatic rings. The molecule has 0 fully saturated rings. The van der Waals surface area contributed by atoms with Crippen molar-refractivity contribution in [2.45, 2.75) is 38.6 Å². The van der Waals surface area contributed by atoms with Gasteiger partial charge in [-0.05, 0) is 44.9 Å². The summed E-state index contributed by atoms with van der Waals surface area (Å²) in [6, 6.07) is 6.33. The molecule has 1 atom stereocenters. The Morgan fingerprint density at radius 3 is 2.67 bits per heavy atom. The van der Waals surface area contributed by atoms with Gasteiger partial charge in [-0.3, -0.25) is 4.79 Å². The zero-order chi connectivity index (χ0) is 15.7. The number of carbonyl (C=O) groups excluding carboxylic acids is 1. The molecule has 0 aromatic heterocycles. The molecule has 0 aliphatic heterocycles. The zero-order valence-electron chi connectivity index (χ0n) is 12.9. The molecule has 0 saturated heterocycles. The van der Waals surface area contributed by atoms with Gasteiger partial charge >= 0.3 is 5.97 Å². The van der Waals surface area contributed by atoms with Crippen molar-refractivity contribution in [2.75, 3.05) is 20.3 Å². The predicted molar refractivity (Wildman–Crippen MR) is 79.8 cm³/mol. The minimum absolute atomic E-state index is 0.264. The van der Waals surface area contributed by atoms with Crippen LogP contribution in [0.25, 0.3) is 0 Å². The first kappa shape index (κ1) is 17.4. The molecule has 21 heavy (non-hydrogen) atoms. The Labute approximate surface area is 125 Å². The number of halogens is 1. The SMILES string of the molecule is CCNC(C)(CCCCOc1ccccc1F)C(=O)OC. The number of methoxy groups -OCH3 is 1. The molecule has 5 heteroatoms. The molecule has 0 saturated carbocycles. The van der Waals surface area contributed by atoms with E-state index in [1.807, 2.05) is 13.8 Å². The summed E-state index contributed by atoms with van der Waals surface area (Å²) in [6.07, 6.45) is 2.17. The molecule has 0 spiro atoms. The molecule has 0 aliphatic rings. The van der Waals surface area contributed by atoms with E-state index >= 15 is 0 Å². The van der Waals surface area contributed by atoms with Crippen LogP contribution in [0.1, 0.15) is 33.1 Å². The van der Waals surface area contributed by atoms with Crippen LogP contribution in [0.2, 0.25) is 0 Å². The first-order chi connectivity index (χ1) is 10.0. The van der Waals surface area contributed by atoms with Gasteiger partial charge in [-0.25, -0.2) is 4.39 Å². The van der Waals surface area contributed by atoms with E-state index in [-0.39, 0.29) is 17.5 Å². The van der Waals surface area contributed by atoms with Crippen LogP contribution in [-0.4, -0.2) is 31.8 Å². The van der Waals surface area contributed by atoms with Crippen LogP contribution in [0.3, 0.4) is 0 Å². The standard InChI is InChI=1S/C16H24FNO3/c1-4-18-16(2,15(19)20-3)11-7-8-12-21-14-10-6-5-9-13(14)17/h5-6,9-10,18H,4,7-8,11-12H2,1-3H3. The molecule has 0 aliphatic carbocycles. The minimum Gasteiger partial charge on any atom is -0.491 e. The summed E-state index contributed by atoms with van der Waals surface area (Å²) in [5, 5.41) is 3.15. The number of hydrogen-bond acceptors (Lipinski definition) is 4. The quantitative estimate of drug-likeness (QED) is 0.562. The molecular formula is C16H24FNO3. The lowest BCUT2D eigenvalue weighted by atomic mass is 9.95. The monoisotopic (exact) mass is 297 g/mol. The highest BCUT2D eigenvalue weighted by molar-refractivity contribution is 5.80. The molecule has 0 bridgehead atoms. The lowest BCUT2D eigenvalue weighted by Gasteiger charge is -2.27. The third kappa shape index (κ3) is 5.34. The van der Waals surface area contributed by atoms with Crippen LogP contribution in [0, 0.1) is 5.82 Å². The molecular weight excluding hydrogens is 273 g/mol. The molecule has 0 amide bonds. The molecule has 1 unspecified atom stereocenters. The number of carbonyl (C=O) groups is 1. The van der Waals surface area contributed by atoms with E-state index in [0.717, 1.165) is 12.8 Å². The molecule has 0 radical (unpaired) electrons. The highest BCUT2D eigenvalue weighted by Gasteiger charge is 2.32. The molecule has 1 aromatic carbocycles. The van der Waals surface area contributed by atoms with Gasteiger partial charge in [-0.2, -0.15) is 0 Å². The Kier molecular flexibility index (Phi) is 7.15. The van der Waals surface area contributed by atoms with E-state index in [0.29, 0.717) is 19.6 Å². The fourth-order valence-electron chi connectivity index (χ4n) is 2.20. The second-order valence-electron chi connectivity index (χ2n) is 5.09. The van der Waals surface area contributed by atoms with E-state index in [1.54, 1.807) is 18.2 Å². The number of para-hydroxylation sites is 1. The van der Waals surface area contributed by atoms with Crippen LogP contribution in [-0.2, 0) is 9.53 Å². The Morgan fingerprint density at radius 1 is 1.33 bits per heavy atom. The number of rotatable bonds is 9. The van der Waals surface area contributed by atoms with Gasteiger partial charge in [0, 0.05) is 0 Å². The topological polar surface area (TPSA) is 47.6 Å². The van der Waals surface area contributed by atoms with Crippen LogP contribution >= 0.6 is 0 Å². The lowest BCUT2D eigenvalue weighted by Crippen LogP contribution is -2.50. The third-order valence-corrected chi connectivity index (χ3v) is 3.37. The van der Waals surface area contributed by atoms with Crippen molar-refractivity contribution in [3.05, 3.63) is 30.1 Å². The van der Waals surface area contributed by atoms with Gasteiger partial charge in [0.2, 0.25) is 0 Å². The largest absolute Gasteiger partial charge is 0.491 e. The van der Waals surface area contributed by atoms with Crippen LogP contribution in [0.4, 0.5) is 4.39 Å². The zero-order valence-corrected chi connectivity index (χ0v) is 12.9. The minimum atomic E-state index is -0.679. The molecule has 118 valence electrons. The summed E-state index contributed by atoms with van der Waals surface area (Å²) in [6.45, 7) is 4.89. The van der Waals surface area contributed by atoms with Crippen molar-refractivity contribution < 1.29 is 18.7 Å². The average Bonchev–Trinajstić information content (AvgIpc) is 2.48. The van der Waals surface area contributed by atoms with Crippen LogP contribution < -0.4 is 10.1 Å².